The van der Waals surface area contributed by atoms with Crippen molar-refractivity contribution in [2.45, 2.75) is 43.8 Å². The van der Waals surface area contributed by atoms with Gasteiger partial charge in [-0.25, -0.2) is 9.78 Å². The number of carboxylic acid groups (broad SMARTS) is 1. The second-order valence-electron chi connectivity index (χ2n) is 8.99. The van der Waals surface area contributed by atoms with E-state index in [9.17, 15) is 18.0 Å². The van der Waals surface area contributed by atoms with Crippen molar-refractivity contribution in [2.75, 3.05) is 7.11 Å². The second kappa shape index (κ2) is 10.5. The molecule has 37 heavy (non-hydrogen) atoms. The maximum atomic E-state index is 13.1. The minimum atomic E-state index is -5.08. The standard InChI is InChI=1S/C24H26N4O2.C2HF3O2/c1-28-21-14-18(30-2)11-10-15(21)13-22(28)24(29)25-17-7-5-6-16(12-17)23-26-19-8-3-4-9-20(19)27-23;3-2(4,5)1(6)7/h3-4,8-11,13-14,16-17H,5-7,12H2,1-2H3,(H,25,29)(H,26,27);(H,6,7). The van der Waals surface area contributed by atoms with Gasteiger partial charge in [-0.3, -0.25) is 4.79 Å². The first-order chi connectivity index (χ1) is 17.6. The SMILES string of the molecule is COc1ccc2cc(C(=O)NC3CCCC(c4nc5ccccc5[nH]4)C3)n(C)c2c1.O=C(O)C(F)(F)F. The van der Waals surface area contributed by atoms with Crippen molar-refractivity contribution in [3.8, 4) is 5.75 Å². The molecule has 2 atom stereocenters. The third-order valence-corrected chi connectivity index (χ3v) is 6.53. The molecule has 3 N–H and O–H groups in total. The fourth-order valence-electron chi connectivity index (χ4n) is 4.65. The van der Waals surface area contributed by atoms with Crippen LogP contribution in [0.4, 0.5) is 13.2 Å². The normalized spacial score (nSPS) is 17.8. The molecule has 1 aliphatic carbocycles. The number of methoxy groups -OCH3 is 1. The summed E-state index contributed by atoms with van der Waals surface area (Å²) < 4.78 is 39.0. The topological polar surface area (TPSA) is 109 Å². The van der Waals surface area contributed by atoms with Crippen molar-refractivity contribution in [1.29, 1.82) is 0 Å². The monoisotopic (exact) mass is 516 g/mol. The molecule has 8 nitrogen and oxygen atoms in total. The molecule has 1 fully saturated rings. The van der Waals surface area contributed by atoms with E-state index >= 15 is 0 Å². The lowest BCUT2D eigenvalue weighted by molar-refractivity contribution is -0.192. The number of fused-ring (bicyclic) bond motifs is 2. The Balaban J connectivity index is 0.000000405. The van der Waals surface area contributed by atoms with Crippen LogP contribution in [0.15, 0.2) is 48.5 Å². The van der Waals surface area contributed by atoms with Gasteiger partial charge >= 0.3 is 12.1 Å². The minimum Gasteiger partial charge on any atom is -0.497 e. The zero-order chi connectivity index (χ0) is 26.7. The number of hydrogen-bond donors (Lipinski definition) is 3. The number of aromatic amines is 1. The Morgan fingerprint density at radius 3 is 2.57 bits per heavy atom. The third-order valence-electron chi connectivity index (χ3n) is 6.53. The number of H-pyrrole nitrogens is 1. The van der Waals surface area contributed by atoms with Crippen molar-refractivity contribution >= 4 is 33.8 Å². The summed E-state index contributed by atoms with van der Waals surface area (Å²) in [6.45, 7) is 0. The van der Waals surface area contributed by atoms with Gasteiger partial charge in [0, 0.05) is 30.5 Å². The summed E-state index contributed by atoms with van der Waals surface area (Å²) in [5.41, 5.74) is 3.74. The molecule has 5 rings (SSSR count). The van der Waals surface area contributed by atoms with Gasteiger partial charge < -0.3 is 24.7 Å². The predicted molar refractivity (Wildman–Crippen MR) is 132 cm³/mol. The van der Waals surface area contributed by atoms with E-state index in [-0.39, 0.29) is 11.9 Å². The van der Waals surface area contributed by atoms with E-state index in [1.165, 1.54) is 0 Å². The summed E-state index contributed by atoms with van der Waals surface area (Å²) in [5.74, 6) is -0.618. The summed E-state index contributed by atoms with van der Waals surface area (Å²) in [5, 5.41) is 11.4. The number of nitrogens with zero attached hydrogens (tertiary/aromatic N) is 2. The van der Waals surface area contributed by atoms with E-state index in [1.807, 2.05) is 54.1 Å². The highest BCUT2D eigenvalue weighted by Crippen LogP contribution is 2.33. The van der Waals surface area contributed by atoms with Crippen LogP contribution < -0.4 is 10.1 Å². The molecule has 0 radical (unpaired) electrons. The number of alkyl halides is 3. The van der Waals surface area contributed by atoms with Gasteiger partial charge in [0.25, 0.3) is 5.91 Å². The molecule has 2 aromatic heterocycles. The number of halogens is 3. The van der Waals surface area contributed by atoms with Crippen LogP contribution >= 0.6 is 0 Å². The van der Waals surface area contributed by atoms with E-state index < -0.39 is 12.1 Å². The summed E-state index contributed by atoms with van der Waals surface area (Å²) in [6.07, 6.45) is -0.997. The van der Waals surface area contributed by atoms with E-state index in [4.69, 9.17) is 19.6 Å². The van der Waals surface area contributed by atoms with Gasteiger partial charge in [0.2, 0.25) is 0 Å². The molecule has 2 aromatic carbocycles. The zero-order valence-corrected chi connectivity index (χ0v) is 20.3. The molecular formula is C26H27F3N4O4. The van der Waals surface area contributed by atoms with Gasteiger partial charge in [0.1, 0.15) is 17.3 Å². The van der Waals surface area contributed by atoms with Crippen molar-refractivity contribution in [1.82, 2.24) is 19.9 Å². The summed E-state index contributed by atoms with van der Waals surface area (Å²) in [6, 6.07) is 16.1. The smallest absolute Gasteiger partial charge is 0.490 e. The van der Waals surface area contributed by atoms with Crippen molar-refractivity contribution in [2.24, 2.45) is 7.05 Å². The molecule has 0 bridgehead atoms. The van der Waals surface area contributed by atoms with Crippen LogP contribution in [0.25, 0.3) is 21.9 Å². The number of carbonyl (C=O) groups excluding carboxylic acids is 1. The molecule has 0 aliphatic heterocycles. The number of aryl methyl sites for hydroxylation is 1. The number of imidazole rings is 1. The Morgan fingerprint density at radius 1 is 1.16 bits per heavy atom. The Bertz CT molecular complexity index is 1390. The molecule has 0 spiro atoms. The van der Waals surface area contributed by atoms with E-state index in [0.29, 0.717) is 11.6 Å². The quantitative estimate of drug-likeness (QED) is 0.348. The van der Waals surface area contributed by atoms with E-state index in [2.05, 4.69) is 16.4 Å². The van der Waals surface area contributed by atoms with Crippen LogP contribution in [0.5, 0.6) is 5.75 Å². The lowest BCUT2D eigenvalue weighted by atomic mass is 9.85. The van der Waals surface area contributed by atoms with Crippen LogP contribution in [0.2, 0.25) is 0 Å². The van der Waals surface area contributed by atoms with Gasteiger partial charge in [0.05, 0.1) is 23.7 Å². The van der Waals surface area contributed by atoms with Crippen LogP contribution in [0, 0.1) is 0 Å². The number of benzene rings is 2. The Morgan fingerprint density at radius 2 is 1.89 bits per heavy atom. The summed E-state index contributed by atoms with van der Waals surface area (Å²) in [4.78, 5) is 30.2. The first-order valence-corrected chi connectivity index (χ1v) is 11.8. The summed E-state index contributed by atoms with van der Waals surface area (Å²) >= 11 is 0. The average Bonchev–Trinajstić information content (AvgIpc) is 3.45. The number of para-hydroxylation sites is 2. The van der Waals surface area contributed by atoms with Crippen LogP contribution in [-0.2, 0) is 11.8 Å². The fraction of sp³-hybridized carbons (Fsp3) is 0.346. The number of aliphatic carboxylic acids is 1. The predicted octanol–water partition coefficient (Wildman–Crippen LogP) is 5.15. The molecule has 1 aliphatic rings. The first-order valence-electron chi connectivity index (χ1n) is 11.8. The number of nitrogens with one attached hydrogen (secondary N) is 2. The first kappa shape index (κ1) is 26.1. The average molecular weight is 517 g/mol. The van der Waals surface area contributed by atoms with Crippen LogP contribution in [0.1, 0.15) is 47.9 Å². The highest BCUT2D eigenvalue weighted by Gasteiger charge is 2.38. The molecule has 4 aromatic rings. The molecule has 0 saturated heterocycles. The Hall–Kier alpha value is -4.02. The Kier molecular flexibility index (Phi) is 7.42. The molecule has 196 valence electrons. The van der Waals surface area contributed by atoms with Crippen molar-refractivity contribution < 1.29 is 32.6 Å². The number of amides is 1. The van der Waals surface area contributed by atoms with Gasteiger partial charge in [-0.1, -0.05) is 18.6 Å². The lowest BCUT2D eigenvalue weighted by Crippen LogP contribution is -2.38. The molecule has 1 saturated carbocycles. The van der Waals surface area contributed by atoms with Crippen LogP contribution in [0.3, 0.4) is 0 Å². The number of carboxylic acids is 1. The summed E-state index contributed by atoms with van der Waals surface area (Å²) in [7, 11) is 3.58. The largest absolute Gasteiger partial charge is 0.497 e. The van der Waals surface area contributed by atoms with Crippen LogP contribution in [-0.4, -0.2) is 50.8 Å². The lowest BCUT2D eigenvalue weighted by Gasteiger charge is -2.28. The molecule has 2 unspecified atom stereocenters. The third kappa shape index (κ3) is 5.87. The second-order valence-corrected chi connectivity index (χ2v) is 8.99. The number of aromatic nitrogens is 3. The molecule has 11 heteroatoms. The van der Waals surface area contributed by atoms with E-state index in [0.717, 1.165) is 59.2 Å². The molecule has 2 heterocycles. The number of ether oxygens (including phenoxy) is 1. The highest BCUT2D eigenvalue weighted by molar-refractivity contribution is 5.99. The maximum Gasteiger partial charge on any atom is 0.490 e. The number of hydrogen-bond acceptors (Lipinski definition) is 4. The Labute approximate surface area is 210 Å². The van der Waals surface area contributed by atoms with E-state index in [1.54, 1.807) is 7.11 Å². The maximum absolute atomic E-state index is 13.1. The number of rotatable bonds is 4. The molecular weight excluding hydrogens is 489 g/mol. The molecule has 1 amide bonds. The van der Waals surface area contributed by atoms with Gasteiger partial charge in [-0.05, 0) is 49.6 Å². The highest BCUT2D eigenvalue weighted by atomic mass is 19.4. The zero-order valence-electron chi connectivity index (χ0n) is 20.3. The van der Waals surface area contributed by atoms with Gasteiger partial charge in [0.15, 0.2) is 0 Å². The fourth-order valence-corrected chi connectivity index (χ4v) is 4.65. The van der Waals surface area contributed by atoms with Gasteiger partial charge in [-0.2, -0.15) is 13.2 Å². The van der Waals surface area contributed by atoms with Crippen molar-refractivity contribution in [3.63, 3.8) is 0 Å². The number of carbonyl (C=O) groups is 2. The minimum absolute atomic E-state index is 0.0251. The van der Waals surface area contributed by atoms with Gasteiger partial charge in [-0.15, -0.1) is 0 Å². The van der Waals surface area contributed by atoms with Crippen molar-refractivity contribution in [3.05, 3.63) is 60.0 Å².